The number of nitrogens with one attached hydrogen (secondary N) is 2. The van der Waals surface area contributed by atoms with Gasteiger partial charge >= 0.3 is 6.18 Å². The number of ether oxygens (including phenoxy) is 1. The molecule has 1 unspecified atom stereocenters. The maximum absolute atomic E-state index is 12.8. The summed E-state index contributed by atoms with van der Waals surface area (Å²) in [4.78, 5) is 29.1. The zero-order valence-corrected chi connectivity index (χ0v) is 19.9. The molecule has 0 bridgehead atoms. The number of carbonyl (C=O) groups excluding carboxylic acids is 2. The number of aromatic nitrogens is 3. The van der Waals surface area contributed by atoms with Crippen LogP contribution in [0.1, 0.15) is 59.4 Å². The van der Waals surface area contributed by atoms with E-state index in [1.165, 1.54) is 16.9 Å². The van der Waals surface area contributed by atoms with E-state index in [0.717, 1.165) is 17.2 Å². The van der Waals surface area contributed by atoms with Gasteiger partial charge in [0.2, 0.25) is 0 Å². The summed E-state index contributed by atoms with van der Waals surface area (Å²) < 4.78 is 45.6. The van der Waals surface area contributed by atoms with Crippen molar-refractivity contribution in [1.82, 2.24) is 25.6 Å². The predicted molar refractivity (Wildman–Crippen MR) is 122 cm³/mol. The topological polar surface area (TPSA) is 98.1 Å². The first-order chi connectivity index (χ1) is 16.4. The Bertz CT molecular complexity index is 1220. The number of hydrogen-bond donors (Lipinski definition) is 2. The van der Waals surface area contributed by atoms with Gasteiger partial charge in [0, 0.05) is 6.20 Å². The van der Waals surface area contributed by atoms with Crippen LogP contribution in [-0.2, 0) is 11.0 Å². The molecule has 2 aromatic heterocycles. The van der Waals surface area contributed by atoms with Crippen molar-refractivity contribution in [1.29, 1.82) is 0 Å². The average molecular weight is 489 g/mol. The van der Waals surface area contributed by atoms with E-state index in [0.29, 0.717) is 17.6 Å². The predicted octanol–water partition coefficient (Wildman–Crippen LogP) is 4.25. The van der Waals surface area contributed by atoms with Crippen molar-refractivity contribution in [2.75, 3.05) is 0 Å². The van der Waals surface area contributed by atoms with Crippen LogP contribution in [0.4, 0.5) is 13.2 Å². The number of pyridine rings is 1. The van der Waals surface area contributed by atoms with E-state index in [4.69, 9.17) is 4.74 Å². The lowest BCUT2D eigenvalue weighted by atomic mass is 10.1. The smallest absolute Gasteiger partial charge is 0.417 e. The van der Waals surface area contributed by atoms with Crippen molar-refractivity contribution in [2.45, 2.75) is 52.8 Å². The molecule has 0 spiro atoms. The highest BCUT2D eigenvalue weighted by molar-refractivity contribution is 5.96. The summed E-state index contributed by atoms with van der Waals surface area (Å²) in [6.07, 6.45) is -3.43. The van der Waals surface area contributed by atoms with Gasteiger partial charge in [0.1, 0.15) is 5.75 Å². The summed E-state index contributed by atoms with van der Waals surface area (Å²) in [5.74, 6) is -0.752. The molecular weight excluding hydrogens is 463 g/mol. The van der Waals surface area contributed by atoms with Crippen LogP contribution in [0.15, 0.2) is 42.7 Å². The Morgan fingerprint density at radius 2 is 1.74 bits per heavy atom. The second-order valence-corrected chi connectivity index (χ2v) is 8.31. The molecule has 2 amide bonds. The Kier molecular flexibility index (Phi) is 7.47. The van der Waals surface area contributed by atoms with Gasteiger partial charge in [0.05, 0.1) is 23.0 Å². The molecule has 11 heteroatoms. The molecule has 0 aliphatic rings. The van der Waals surface area contributed by atoms with Crippen molar-refractivity contribution in [2.24, 2.45) is 0 Å². The lowest BCUT2D eigenvalue weighted by Gasteiger charge is -2.17. The van der Waals surface area contributed by atoms with Gasteiger partial charge in [-0.25, -0.2) is 9.67 Å². The highest BCUT2D eigenvalue weighted by atomic mass is 19.4. The van der Waals surface area contributed by atoms with Gasteiger partial charge in [0.25, 0.3) is 11.8 Å². The largest absolute Gasteiger partial charge is 0.481 e. The van der Waals surface area contributed by atoms with Crippen LogP contribution in [0.5, 0.6) is 5.75 Å². The van der Waals surface area contributed by atoms with Gasteiger partial charge in [-0.05, 0) is 56.0 Å². The van der Waals surface area contributed by atoms with Crippen LogP contribution in [-0.4, -0.2) is 32.7 Å². The summed E-state index contributed by atoms with van der Waals surface area (Å²) in [5, 5.41) is 4.13. The number of rotatable bonds is 6. The van der Waals surface area contributed by atoms with E-state index in [2.05, 4.69) is 20.9 Å². The molecule has 0 radical (unpaired) electrons. The molecule has 3 aromatic rings. The van der Waals surface area contributed by atoms with E-state index >= 15 is 0 Å². The summed E-state index contributed by atoms with van der Waals surface area (Å²) in [5.41, 5.74) is 6.27. The lowest BCUT2D eigenvalue weighted by Crippen LogP contribution is -2.47. The van der Waals surface area contributed by atoms with E-state index in [9.17, 15) is 22.8 Å². The molecule has 0 aliphatic carbocycles. The van der Waals surface area contributed by atoms with Gasteiger partial charge in [-0.15, -0.1) is 0 Å². The number of carbonyl (C=O) groups is 2. The highest BCUT2D eigenvalue weighted by Crippen LogP contribution is 2.29. The van der Waals surface area contributed by atoms with Gasteiger partial charge in [-0.2, -0.15) is 18.3 Å². The van der Waals surface area contributed by atoms with E-state index in [1.54, 1.807) is 26.8 Å². The fourth-order valence-corrected chi connectivity index (χ4v) is 3.33. The van der Waals surface area contributed by atoms with Crippen LogP contribution in [0.3, 0.4) is 0 Å². The fourth-order valence-electron chi connectivity index (χ4n) is 3.33. The van der Waals surface area contributed by atoms with Gasteiger partial charge in [-0.1, -0.05) is 26.0 Å². The van der Waals surface area contributed by atoms with Crippen molar-refractivity contribution >= 4 is 11.8 Å². The van der Waals surface area contributed by atoms with Crippen LogP contribution in [0, 0.1) is 13.8 Å². The summed E-state index contributed by atoms with van der Waals surface area (Å²) in [7, 11) is 0. The number of benzene rings is 1. The van der Waals surface area contributed by atoms with Crippen LogP contribution < -0.4 is 15.6 Å². The third-order valence-electron chi connectivity index (χ3n) is 5.42. The summed E-state index contributed by atoms with van der Waals surface area (Å²) >= 11 is 0. The minimum atomic E-state index is -4.52. The van der Waals surface area contributed by atoms with E-state index < -0.39 is 29.7 Å². The first-order valence-corrected chi connectivity index (χ1v) is 10.8. The first-order valence-electron chi connectivity index (χ1n) is 10.8. The minimum absolute atomic E-state index is 0.125. The van der Waals surface area contributed by atoms with E-state index in [-0.39, 0.29) is 17.3 Å². The van der Waals surface area contributed by atoms with Gasteiger partial charge in [0.15, 0.2) is 11.9 Å². The monoisotopic (exact) mass is 489 g/mol. The second kappa shape index (κ2) is 10.2. The van der Waals surface area contributed by atoms with Crippen LogP contribution in [0.2, 0.25) is 0 Å². The standard InChI is InChI=1S/C24H26F3N5O3/c1-13(2)21-18(12-29-32(21)20-10-9-17(11-28-20)24(25,26)27)23(34)31-30-22(33)16(5)35-19-8-6-7-14(3)15(19)4/h6-13,16H,1-5H3,(H,30,33)(H,31,34). The maximum atomic E-state index is 12.8. The minimum Gasteiger partial charge on any atom is -0.481 e. The van der Waals surface area contributed by atoms with Crippen molar-refractivity contribution in [3.8, 4) is 11.6 Å². The number of alkyl halides is 3. The molecule has 0 aliphatic heterocycles. The third kappa shape index (κ3) is 5.79. The molecule has 2 N–H and O–H groups in total. The number of nitrogens with zero attached hydrogens (tertiary/aromatic N) is 3. The number of amides is 2. The first kappa shape index (κ1) is 25.7. The van der Waals surface area contributed by atoms with Crippen LogP contribution >= 0.6 is 0 Å². The zero-order valence-electron chi connectivity index (χ0n) is 19.9. The SMILES string of the molecule is Cc1cccc(OC(C)C(=O)NNC(=O)c2cnn(-c3ccc(C(F)(F)F)cn3)c2C(C)C)c1C. The van der Waals surface area contributed by atoms with Crippen LogP contribution in [0.25, 0.3) is 5.82 Å². The Labute approximate surface area is 200 Å². The van der Waals surface area contributed by atoms with E-state index in [1.807, 2.05) is 26.0 Å². The Morgan fingerprint density at radius 3 is 2.34 bits per heavy atom. The number of hydrazine groups is 1. The summed E-state index contributed by atoms with van der Waals surface area (Å²) in [6.45, 7) is 8.96. The van der Waals surface area contributed by atoms with Gasteiger partial charge < -0.3 is 4.74 Å². The quantitative estimate of drug-likeness (QED) is 0.505. The molecule has 186 valence electrons. The molecule has 8 nitrogen and oxygen atoms in total. The Balaban J connectivity index is 1.72. The molecule has 2 heterocycles. The van der Waals surface area contributed by atoms with Crippen molar-refractivity contribution in [3.05, 3.63) is 70.7 Å². The number of hydrogen-bond acceptors (Lipinski definition) is 5. The molecule has 35 heavy (non-hydrogen) atoms. The van der Waals surface area contributed by atoms with Gasteiger partial charge in [-0.3, -0.25) is 20.4 Å². The Morgan fingerprint density at radius 1 is 1.03 bits per heavy atom. The second-order valence-electron chi connectivity index (χ2n) is 8.31. The average Bonchev–Trinajstić information content (AvgIpc) is 3.25. The molecule has 0 saturated carbocycles. The zero-order chi connectivity index (χ0) is 25.9. The fraction of sp³-hybridized carbons (Fsp3) is 0.333. The molecular formula is C24H26F3N5O3. The van der Waals surface area contributed by atoms with Crippen molar-refractivity contribution in [3.63, 3.8) is 0 Å². The number of halogens is 3. The highest BCUT2D eigenvalue weighted by Gasteiger charge is 2.31. The third-order valence-corrected chi connectivity index (χ3v) is 5.42. The van der Waals surface area contributed by atoms with Crippen molar-refractivity contribution < 1.29 is 27.5 Å². The maximum Gasteiger partial charge on any atom is 0.417 e. The molecule has 3 rings (SSSR count). The molecule has 1 aromatic carbocycles. The molecule has 1 atom stereocenters. The Hall–Kier alpha value is -3.89. The molecule has 0 saturated heterocycles. The molecule has 0 fully saturated rings. The normalized spacial score (nSPS) is 12.4. The summed E-state index contributed by atoms with van der Waals surface area (Å²) in [6, 6.07) is 7.58. The lowest BCUT2D eigenvalue weighted by molar-refractivity contribution is -0.137. The number of aryl methyl sites for hydroxylation is 1.